The highest BCUT2D eigenvalue weighted by atomic mass is 35.5. The highest BCUT2D eigenvalue weighted by Crippen LogP contribution is 2.35. The molecule has 0 spiro atoms. The van der Waals surface area contributed by atoms with Crippen molar-refractivity contribution in [2.24, 2.45) is 0 Å². The maximum Gasteiger partial charge on any atom is 0.341 e. The fourth-order valence-electron chi connectivity index (χ4n) is 1.32. The molecule has 0 fully saturated rings. The third-order valence-electron chi connectivity index (χ3n) is 2.14. The van der Waals surface area contributed by atoms with Crippen molar-refractivity contribution in [1.82, 2.24) is 0 Å². The smallest absolute Gasteiger partial charge is 0.341 e. The van der Waals surface area contributed by atoms with Crippen molar-refractivity contribution in [3.63, 3.8) is 0 Å². The zero-order valence-corrected chi connectivity index (χ0v) is 12.7. The number of halogens is 2. The van der Waals surface area contributed by atoms with Crippen molar-refractivity contribution < 1.29 is 17.3 Å². The Morgan fingerprint density at radius 3 is 2.42 bits per heavy atom. The highest BCUT2D eigenvalue weighted by molar-refractivity contribution is 7.87. The van der Waals surface area contributed by atoms with Gasteiger partial charge in [0.15, 0.2) is 0 Å². The van der Waals surface area contributed by atoms with Crippen LogP contribution in [0.5, 0.6) is 11.5 Å². The van der Waals surface area contributed by atoms with Crippen LogP contribution in [0.1, 0.15) is 0 Å². The number of thiophene rings is 1. The standard InChI is InChI=1S/C11H8Cl2O4S2/c1-16-7-3-2-4-8(5-7)17-19(14,15)9-6-10(12)18-11(9)13/h2-6H,1H3. The Bertz CT molecular complexity index is 694. The van der Waals surface area contributed by atoms with E-state index >= 15 is 0 Å². The van der Waals surface area contributed by atoms with Crippen molar-refractivity contribution >= 4 is 44.7 Å². The molecule has 0 bridgehead atoms. The third-order valence-corrected chi connectivity index (χ3v) is 5.14. The minimum Gasteiger partial charge on any atom is -0.497 e. The van der Waals surface area contributed by atoms with Crippen LogP contribution in [-0.2, 0) is 10.1 Å². The molecule has 2 aromatic rings. The number of hydrogen-bond acceptors (Lipinski definition) is 5. The van der Waals surface area contributed by atoms with E-state index in [1.165, 1.54) is 25.3 Å². The maximum absolute atomic E-state index is 12.0. The van der Waals surface area contributed by atoms with Crippen molar-refractivity contribution in [1.29, 1.82) is 0 Å². The molecule has 102 valence electrons. The first-order valence-corrected chi connectivity index (χ1v) is 7.94. The Labute approximate surface area is 124 Å². The van der Waals surface area contributed by atoms with Gasteiger partial charge in [0, 0.05) is 6.07 Å². The van der Waals surface area contributed by atoms with Gasteiger partial charge in [0.25, 0.3) is 0 Å². The highest BCUT2D eigenvalue weighted by Gasteiger charge is 2.23. The zero-order valence-electron chi connectivity index (χ0n) is 9.59. The van der Waals surface area contributed by atoms with Gasteiger partial charge in [-0.05, 0) is 18.2 Å². The topological polar surface area (TPSA) is 52.6 Å². The van der Waals surface area contributed by atoms with Gasteiger partial charge < -0.3 is 8.92 Å². The predicted octanol–water partition coefficient (Wildman–Crippen LogP) is 3.83. The second kappa shape index (κ2) is 5.58. The van der Waals surface area contributed by atoms with Crippen LogP contribution in [0.15, 0.2) is 35.2 Å². The van der Waals surface area contributed by atoms with Gasteiger partial charge >= 0.3 is 10.1 Å². The summed E-state index contributed by atoms with van der Waals surface area (Å²) in [7, 11) is -2.53. The third kappa shape index (κ3) is 3.33. The Morgan fingerprint density at radius 1 is 1.16 bits per heavy atom. The molecule has 0 amide bonds. The van der Waals surface area contributed by atoms with E-state index in [1.54, 1.807) is 12.1 Å². The van der Waals surface area contributed by atoms with Crippen LogP contribution in [0, 0.1) is 0 Å². The van der Waals surface area contributed by atoms with Crippen LogP contribution in [0.3, 0.4) is 0 Å². The van der Waals surface area contributed by atoms with Crippen molar-refractivity contribution in [2.45, 2.75) is 4.90 Å². The molecule has 8 heteroatoms. The van der Waals surface area contributed by atoms with Crippen LogP contribution in [0.4, 0.5) is 0 Å². The van der Waals surface area contributed by atoms with Gasteiger partial charge in [0.1, 0.15) is 20.7 Å². The Morgan fingerprint density at radius 2 is 1.84 bits per heavy atom. The van der Waals surface area contributed by atoms with E-state index in [9.17, 15) is 8.42 Å². The first-order chi connectivity index (χ1) is 8.92. The van der Waals surface area contributed by atoms with Gasteiger partial charge in [0.05, 0.1) is 11.4 Å². The van der Waals surface area contributed by atoms with Crippen LogP contribution >= 0.6 is 34.5 Å². The fraction of sp³-hybridized carbons (Fsp3) is 0.0909. The lowest BCUT2D eigenvalue weighted by molar-refractivity contribution is 0.411. The summed E-state index contributed by atoms with van der Waals surface area (Å²) in [6.07, 6.45) is 0. The molecule has 0 aliphatic rings. The maximum atomic E-state index is 12.0. The van der Waals surface area contributed by atoms with E-state index in [2.05, 4.69) is 0 Å². The van der Waals surface area contributed by atoms with E-state index in [4.69, 9.17) is 32.1 Å². The monoisotopic (exact) mass is 338 g/mol. The van der Waals surface area contributed by atoms with Crippen molar-refractivity contribution in [3.8, 4) is 11.5 Å². The molecule has 1 heterocycles. The summed E-state index contributed by atoms with van der Waals surface area (Å²) in [4.78, 5) is -0.146. The molecule has 0 aliphatic carbocycles. The van der Waals surface area contributed by atoms with Crippen LogP contribution in [0.25, 0.3) is 0 Å². The van der Waals surface area contributed by atoms with Crippen LogP contribution in [-0.4, -0.2) is 15.5 Å². The average Bonchev–Trinajstić information content (AvgIpc) is 2.69. The molecule has 1 aromatic carbocycles. The van der Waals surface area contributed by atoms with Crippen LogP contribution < -0.4 is 8.92 Å². The van der Waals surface area contributed by atoms with Crippen molar-refractivity contribution in [2.75, 3.05) is 7.11 Å². The molecule has 19 heavy (non-hydrogen) atoms. The average molecular weight is 339 g/mol. The first-order valence-electron chi connectivity index (χ1n) is 4.96. The zero-order chi connectivity index (χ0) is 14.0. The summed E-state index contributed by atoms with van der Waals surface area (Å²) in [6, 6.07) is 7.51. The van der Waals surface area contributed by atoms with Gasteiger partial charge in [-0.3, -0.25) is 0 Å². The van der Waals surface area contributed by atoms with E-state index in [-0.39, 0.29) is 19.3 Å². The lowest BCUT2D eigenvalue weighted by atomic mass is 10.3. The lowest BCUT2D eigenvalue weighted by Gasteiger charge is -2.07. The minimum atomic E-state index is -4.01. The van der Waals surface area contributed by atoms with Gasteiger partial charge in [-0.15, -0.1) is 11.3 Å². The van der Waals surface area contributed by atoms with E-state index in [0.29, 0.717) is 5.75 Å². The minimum absolute atomic E-state index is 0.0629. The molecule has 0 atom stereocenters. The molecular formula is C11H8Cl2O4S2. The summed E-state index contributed by atoms with van der Waals surface area (Å²) in [5.74, 6) is 0.625. The molecular weight excluding hydrogens is 331 g/mol. The normalized spacial score (nSPS) is 11.3. The van der Waals surface area contributed by atoms with Gasteiger partial charge in [-0.25, -0.2) is 0 Å². The van der Waals surface area contributed by atoms with E-state index < -0.39 is 10.1 Å². The summed E-state index contributed by atoms with van der Waals surface area (Å²) < 4.78 is 34.4. The second-order valence-corrected chi connectivity index (χ2v) is 7.21. The lowest BCUT2D eigenvalue weighted by Crippen LogP contribution is -2.09. The summed E-state index contributed by atoms with van der Waals surface area (Å²) in [5.41, 5.74) is 0. The number of ether oxygens (including phenoxy) is 1. The van der Waals surface area contributed by atoms with Crippen molar-refractivity contribution in [3.05, 3.63) is 39.0 Å². The van der Waals surface area contributed by atoms with Gasteiger partial charge in [0.2, 0.25) is 0 Å². The molecule has 0 saturated heterocycles. The Kier molecular flexibility index (Phi) is 4.25. The summed E-state index contributed by atoms with van der Waals surface area (Å²) >= 11 is 12.5. The Hall–Kier alpha value is -0.950. The fourth-order valence-corrected chi connectivity index (χ4v) is 4.35. The molecule has 0 saturated carbocycles. The number of methoxy groups -OCH3 is 1. The quantitative estimate of drug-likeness (QED) is 0.795. The second-order valence-electron chi connectivity index (χ2n) is 3.40. The molecule has 0 radical (unpaired) electrons. The molecule has 4 nitrogen and oxygen atoms in total. The number of hydrogen-bond donors (Lipinski definition) is 0. The van der Waals surface area contributed by atoms with Gasteiger partial charge in [-0.2, -0.15) is 8.42 Å². The molecule has 1 aromatic heterocycles. The number of rotatable bonds is 4. The van der Waals surface area contributed by atoms with Crippen LogP contribution in [0.2, 0.25) is 8.67 Å². The largest absolute Gasteiger partial charge is 0.497 e. The summed E-state index contributed by atoms with van der Waals surface area (Å²) in [6.45, 7) is 0. The predicted molar refractivity (Wildman–Crippen MR) is 75.1 cm³/mol. The molecule has 0 aliphatic heterocycles. The molecule has 2 rings (SSSR count). The Balaban J connectivity index is 2.33. The van der Waals surface area contributed by atoms with Gasteiger partial charge in [-0.1, -0.05) is 29.3 Å². The molecule has 0 N–H and O–H groups in total. The van der Waals surface area contributed by atoms with E-state index in [1.807, 2.05) is 0 Å². The summed E-state index contributed by atoms with van der Waals surface area (Å²) in [5, 5.41) is 0. The van der Waals surface area contributed by atoms with E-state index in [0.717, 1.165) is 11.3 Å². The SMILES string of the molecule is COc1cccc(OS(=O)(=O)c2cc(Cl)sc2Cl)c1. The number of benzene rings is 1. The molecule has 0 unspecified atom stereocenters. The first kappa shape index (κ1) is 14.5.